The number of fused-ring (bicyclic) bond motifs is 1. The van der Waals surface area contributed by atoms with Crippen LogP contribution in [0.15, 0.2) is 9.59 Å². The molecule has 0 saturated carbocycles. The molecule has 2 aromatic heterocycles. The molecule has 1 aliphatic heterocycles. The van der Waals surface area contributed by atoms with Gasteiger partial charge in [0, 0.05) is 20.1 Å². The van der Waals surface area contributed by atoms with Crippen LogP contribution in [0.3, 0.4) is 0 Å². The number of nitrogens with zero attached hydrogens (tertiary/aromatic N) is 4. The molecule has 3 rings (SSSR count). The Labute approximate surface area is 133 Å². The molecule has 3 heterocycles. The summed E-state index contributed by atoms with van der Waals surface area (Å²) in [5.41, 5.74) is -0.0399. The summed E-state index contributed by atoms with van der Waals surface area (Å²) >= 11 is 0. The van der Waals surface area contributed by atoms with Gasteiger partial charge in [0.2, 0.25) is 0 Å². The second-order valence-corrected chi connectivity index (χ2v) is 6.43. The van der Waals surface area contributed by atoms with Crippen LogP contribution in [0, 0.1) is 5.92 Å². The molecule has 126 valence electrons. The van der Waals surface area contributed by atoms with Crippen molar-refractivity contribution < 1.29 is 5.11 Å². The van der Waals surface area contributed by atoms with Gasteiger partial charge in [-0.15, -0.1) is 0 Å². The fourth-order valence-corrected chi connectivity index (χ4v) is 3.47. The van der Waals surface area contributed by atoms with Gasteiger partial charge in [-0.2, -0.15) is 0 Å². The number of aromatic nitrogens is 4. The molecule has 1 fully saturated rings. The van der Waals surface area contributed by atoms with Crippen LogP contribution in [0.2, 0.25) is 0 Å². The number of rotatable bonds is 3. The van der Waals surface area contributed by atoms with Crippen LogP contribution in [0.4, 0.5) is 0 Å². The summed E-state index contributed by atoms with van der Waals surface area (Å²) in [6.45, 7) is 3.68. The molecule has 2 aromatic rings. The van der Waals surface area contributed by atoms with E-state index in [4.69, 9.17) is 0 Å². The number of aliphatic hydroxyl groups is 1. The first-order valence-corrected chi connectivity index (χ1v) is 7.93. The maximum absolute atomic E-state index is 12.2. The van der Waals surface area contributed by atoms with Gasteiger partial charge in [-0.25, -0.2) is 9.78 Å². The molecule has 8 heteroatoms. The molecule has 2 N–H and O–H groups in total. The van der Waals surface area contributed by atoms with Crippen LogP contribution >= 0.6 is 0 Å². The summed E-state index contributed by atoms with van der Waals surface area (Å²) in [6, 6.07) is 0.101. The maximum atomic E-state index is 12.2. The van der Waals surface area contributed by atoms with Crippen molar-refractivity contribution in [1.29, 1.82) is 0 Å². The van der Waals surface area contributed by atoms with E-state index in [1.807, 2.05) is 0 Å². The summed E-state index contributed by atoms with van der Waals surface area (Å²) in [7, 11) is 3.06. The second kappa shape index (κ2) is 5.93. The molecule has 2 unspecified atom stereocenters. The van der Waals surface area contributed by atoms with Gasteiger partial charge in [0.05, 0.1) is 13.2 Å². The predicted octanol–water partition coefficient (Wildman–Crippen LogP) is -0.447. The third-order valence-corrected chi connectivity index (χ3v) is 4.91. The number of likely N-dealkylation sites (tertiary alicyclic amines) is 1. The van der Waals surface area contributed by atoms with Crippen LogP contribution < -0.4 is 11.2 Å². The molecule has 0 aliphatic carbocycles. The number of nitrogens with one attached hydrogen (secondary N) is 1. The van der Waals surface area contributed by atoms with Crippen LogP contribution in [-0.4, -0.2) is 48.3 Å². The van der Waals surface area contributed by atoms with E-state index in [2.05, 4.69) is 21.8 Å². The SMILES string of the molecule is CC1CCCN(Cc2nc3c([nH]2)c(=O)n(C)c(=O)n3C)C1CO. The van der Waals surface area contributed by atoms with E-state index in [1.54, 1.807) is 7.05 Å². The summed E-state index contributed by atoms with van der Waals surface area (Å²) in [5.74, 6) is 1.07. The van der Waals surface area contributed by atoms with E-state index in [0.717, 1.165) is 24.0 Å². The molecule has 8 nitrogen and oxygen atoms in total. The van der Waals surface area contributed by atoms with Crippen LogP contribution in [-0.2, 0) is 20.6 Å². The largest absolute Gasteiger partial charge is 0.395 e. The van der Waals surface area contributed by atoms with E-state index < -0.39 is 0 Å². The fraction of sp³-hybridized carbons (Fsp3) is 0.667. The van der Waals surface area contributed by atoms with E-state index in [0.29, 0.717) is 29.5 Å². The second-order valence-electron chi connectivity index (χ2n) is 6.43. The van der Waals surface area contributed by atoms with Crippen molar-refractivity contribution in [2.45, 2.75) is 32.4 Å². The molecule has 2 atom stereocenters. The van der Waals surface area contributed by atoms with Gasteiger partial charge in [-0.3, -0.25) is 18.8 Å². The van der Waals surface area contributed by atoms with E-state index in [-0.39, 0.29) is 23.9 Å². The summed E-state index contributed by atoms with van der Waals surface area (Å²) in [5, 5.41) is 9.64. The quantitative estimate of drug-likeness (QED) is 0.798. The molecule has 0 amide bonds. The third kappa shape index (κ3) is 2.61. The van der Waals surface area contributed by atoms with Crippen molar-refractivity contribution in [2.24, 2.45) is 20.0 Å². The summed E-state index contributed by atoms with van der Waals surface area (Å²) in [4.78, 5) is 33.9. The minimum absolute atomic E-state index is 0.101. The Kier molecular flexibility index (Phi) is 4.11. The first kappa shape index (κ1) is 15.9. The van der Waals surface area contributed by atoms with Gasteiger partial charge in [-0.1, -0.05) is 6.92 Å². The molecule has 0 spiro atoms. The predicted molar refractivity (Wildman–Crippen MR) is 86.3 cm³/mol. The fourth-order valence-electron chi connectivity index (χ4n) is 3.47. The van der Waals surface area contributed by atoms with Gasteiger partial charge >= 0.3 is 5.69 Å². The molecule has 0 radical (unpaired) electrons. The van der Waals surface area contributed by atoms with Crippen LogP contribution in [0.1, 0.15) is 25.6 Å². The number of aromatic amines is 1. The average molecular weight is 321 g/mol. The molecule has 23 heavy (non-hydrogen) atoms. The highest BCUT2D eigenvalue weighted by Gasteiger charge is 2.28. The zero-order valence-electron chi connectivity index (χ0n) is 13.7. The average Bonchev–Trinajstić information content (AvgIpc) is 2.95. The van der Waals surface area contributed by atoms with Gasteiger partial charge in [0.25, 0.3) is 5.56 Å². The highest BCUT2D eigenvalue weighted by molar-refractivity contribution is 5.69. The zero-order chi connectivity index (χ0) is 16.7. The van der Waals surface area contributed by atoms with Crippen molar-refractivity contribution in [3.05, 3.63) is 26.7 Å². The normalized spacial score (nSPS) is 22.8. The minimum Gasteiger partial charge on any atom is -0.395 e. The van der Waals surface area contributed by atoms with E-state index >= 15 is 0 Å². The number of aliphatic hydroxyl groups excluding tert-OH is 1. The Hall–Kier alpha value is -1.93. The molecule has 1 saturated heterocycles. The number of piperidine rings is 1. The Morgan fingerprint density at radius 1 is 1.30 bits per heavy atom. The number of H-pyrrole nitrogens is 1. The highest BCUT2D eigenvalue weighted by Crippen LogP contribution is 2.24. The molecule has 0 bridgehead atoms. The van der Waals surface area contributed by atoms with Gasteiger partial charge in [0.15, 0.2) is 5.65 Å². The number of hydrogen-bond acceptors (Lipinski definition) is 5. The molecule has 0 aromatic carbocycles. The van der Waals surface area contributed by atoms with Crippen molar-refractivity contribution >= 4 is 11.2 Å². The zero-order valence-corrected chi connectivity index (χ0v) is 13.7. The third-order valence-electron chi connectivity index (χ3n) is 4.91. The Morgan fingerprint density at radius 2 is 2.04 bits per heavy atom. The number of hydrogen-bond donors (Lipinski definition) is 2. The van der Waals surface area contributed by atoms with Crippen molar-refractivity contribution in [2.75, 3.05) is 13.2 Å². The van der Waals surface area contributed by atoms with Gasteiger partial charge < -0.3 is 10.1 Å². The van der Waals surface area contributed by atoms with E-state index in [1.165, 1.54) is 11.6 Å². The minimum atomic E-state index is -0.389. The van der Waals surface area contributed by atoms with Crippen LogP contribution in [0.5, 0.6) is 0 Å². The van der Waals surface area contributed by atoms with Gasteiger partial charge in [0.1, 0.15) is 11.3 Å². The van der Waals surface area contributed by atoms with Gasteiger partial charge in [-0.05, 0) is 25.3 Å². The topological polar surface area (TPSA) is 96.2 Å². The molecular weight excluding hydrogens is 298 g/mol. The lowest BCUT2D eigenvalue weighted by molar-refractivity contribution is 0.0456. The first-order chi connectivity index (χ1) is 10.9. The smallest absolute Gasteiger partial charge is 0.332 e. The lowest BCUT2D eigenvalue weighted by Gasteiger charge is -2.38. The van der Waals surface area contributed by atoms with Crippen LogP contribution in [0.25, 0.3) is 11.2 Å². The Morgan fingerprint density at radius 3 is 2.74 bits per heavy atom. The number of aryl methyl sites for hydroxylation is 1. The maximum Gasteiger partial charge on any atom is 0.332 e. The summed E-state index contributed by atoms with van der Waals surface area (Å²) in [6.07, 6.45) is 2.19. The first-order valence-electron chi connectivity index (χ1n) is 7.93. The number of imidazole rings is 1. The monoisotopic (exact) mass is 321 g/mol. The van der Waals surface area contributed by atoms with Crippen molar-refractivity contribution in [1.82, 2.24) is 24.0 Å². The standard InChI is InChI=1S/C15H23N5O3/c1-9-5-4-6-20(10(9)8-21)7-11-16-12-13(17-11)18(2)15(23)19(3)14(12)22/h9-10,21H,4-8H2,1-3H3,(H,16,17). The Bertz CT molecular complexity index is 834. The highest BCUT2D eigenvalue weighted by atomic mass is 16.3. The molecular formula is C15H23N5O3. The Balaban J connectivity index is 1.98. The summed E-state index contributed by atoms with van der Waals surface area (Å²) < 4.78 is 2.45. The molecule has 1 aliphatic rings. The lowest BCUT2D eigenvalue weighted by Crippen LogP contribution is -2.46. The van der Waals surface area contributed by atoms with Crippen molar-refractivity contribution in [3.8, 4) is 0 Å². The lowest BCUT2D eigenvalue weighted by atomic mass is 9.91. The van der Waals surface area contributed by atoms with Crippen molar-refractivity contribution in [3.63, 3.8) is 0 Å². The van der Waals surface area contributed by atoms with E-state index in [9.17, 15) is 14.7 Å².